The van der Waals surface area contributed by atoms with Gasteiger partial charge in [-0.3, -0.25) is 14.5 Å². The first-order valence-electron chi connectivity index (χ1n) is 19.5. The maximum Gasteiger partial charge on any atom is 0.307 e. The number of nitrogen functional groups attached to an aromatic ring is 1. The minimum absolute atomic E-state index is 0.0142. The van der Waals surface area contributed by atoms with E-state index >= 15 is 0 Å². The van der Waals surface area contributed by atoms with E-state index in [-0.39, 0.29) is 36.8 Å². The zero-order valence-electron chi connectivity index (χ0n) is 34.2. The molecule has 54 heavy (non-hydrogen) atoms. The number of rotatable bonds is 18. The molecule has 2 aromatic heterocycles. The molecule has 1 fully saturated rings. The number of methoxy groups -OCH3 is 1. The fourth-order valence-electron chi connectivity index (χ4n) is 6.01. The zero-order valence-corrected chi connectivity index (χ0v) is 34.2. The Labute approximate surface area is 322 Å². The number of amides is 1. The van der Waals surface area contributed by atoms with Gasteiger partial charge in [-0.05, 0) is 43.1 Å². The molecule has 0 radical (unpaired) electrons. The maximum absolute atomic E-state index is 12.4. The van der Waals surface area contributed by atoms with E-state index in [4.69, 9.17) is 15.6 Å². The van der Waals surface area contributed by atoms with Crippen LogP contribution in [-0.4, -0.2) is 112 Å². The van der Waals surface area contributed by atoms with Crippen LogP contribution in [0.4, 0.5) is 11.8 Å². The van der Waals surface area contributed by atoms with Crippen LogP contribution in [0.2, 0.25) is 0 Å². The van der Waals surface area contributed by atoms with Crippen LogP contribution in [0.1, 0.15) is 91.7 Å². The first-order valence-corrected chi connectivity index (χ1v) is 19.5. The number of fused-ring (bicyclic) bond motifs is 1. The van der Waals surface area contributed by atoms with Gasteiger partial charge in [0.2, 0.25) is 11.9 Å². The predicted octanol–water partition coefficient (Wildman–Crippen LogP) is 5.27. The quantitative estimate of drug-likeness (QED) is 0.106. The number of aliphatic carboxylic acids is 1. The third-order valence-corrected chi connectivity index (χ3v) is 8.97. The number of unbranched alkanes of at least 4 members (excludes halogenated alkanes) is 1. The van der Waals surface area contributed by atoms with E-state index in [0.717, 1.165) is 74.3 Å². The van der Waals surface area contributed by atoms with Gasteiger partial charge >= 0.3 is 5.97 Å². The van der Waals surface area contributed by atoms with Gasteiger partial charge in [-0.15, -0.1) is 0 Å². The van der Waals surface area contributed by atoms with E-state index in [2.05, 4.69) is 49.1 Å². The molecule has 1 aromatic carbocycles. The Morgan fingerprint density at radius 3 is 2.28 bits per heavy atom. The molecule has 304 valence electrons. The number of nitrogens with two attached hydrogens (primary N) is 1. The van der Waals surface area contributed by atoms with Crippen LogP contribution < -0.4 is 21.1 Å². The normalized spacial score (nSPS) is 13.7. The van der Waals surface area contributed by atoms with Crippen molar-refractivity contribution in [2.75, 3.05) is 64.5 Å². The zero-order chi connectivity index (χ0) is 40.6. The minimum Gasteiger partial charge on any atom is -0.496 e. The van der Waals surface area contributed by atoms with Gasteiger partial charge < -0.3 is 45.6 Å². The number of ether oxygens (including phenoxy) is 1. The molecule has 14 heteroatoms. The standard InChI is InChI=1S/C29H44N8O3.C7H12O3.2C2H6/c1-4-5-6-23(20-38)32-28-27-24(33-29(30)34-28)10-12-37(27)19-22-17-21(7-8-25(22)40-3)18-35-13-15-36(16-14-35)26(39)9-11-31-2;1-5(2)6(3-4-8)7(9)10;2*1-2/h7-8,10,12,17,23,31,38H,4-6,9,11,13-16,18-20H2,1-3H3,(H3,30,32,33,34);4-6H,3H2,1-2H3,(H,9,10);2*1-2H3. The number of benzene rings is 1. The predicted molar refractivity (Wildman–Crippen MR) is 218 cm³/mol. The third kappa shape index (κ3) is 15.2. The van der Waals surface area contributed by atoms with Crippen molar-refractivity contribution < 1.29 is 29.3 Å². The average molecular weight is 757 g/mol. The number of aliphatic hydroxyl groups excluding tert-OH is 1. The highest BCUT2D eigenvalue weighted by atomic mass is 16.5. The van der Waals surface area contributed by atoms with E-state index in [1.165, 1.54) is 5.56 Å². The average Bonchev–Trinajstić information content (AvgIpc) is 3.58. The number of aliphatic hydroxyl groups is 1. The molecule has 1 aliphatic rings. The minimum atomic E-state index is -0.887. The molecule has 3 heterocycles. The Morgan fingerprint density at radius 2 is 1.74 bits per heavy atom. The molecule has 14 nitrogen and oxygen atoms in total. The number of hydrogen-bond acceptors (Lipinski definition) is 11. The Hall–Kier alpha value is -4.27. The molecule has 0 bridgehead atoms. The van der Waals surface area contributed by atoms with Crippen molar-refractivity contribution >= 4 is 41.0 Å². The summed E-state index contributed by atoms with van der Waals surface area (Å²) in [5.41, 5.74) is 9.86. The SMILES string of the molecule is CC.CC.CC(C)C(CC=O)C(=O)O.CCCCC(CO)Nc1nc(N)nc2ccn(Cc3cc(CN4CCN(C(=O)CCNC)CC4)ccc3OC)c12. The molecule has 0 aliphatic carbocycles. The molecular formula is C40H68N8O6. The molecule has 1 saturated heterocycles. The summed E-state index contributed by atoms with van der Waals surface area (Å²) in [6.07, 6.45) is 6.20. The van der Waals surface area contributed by atoms with Crippen molar-refractivity contribution in [2.24, 2.45) is 11.8 Å². The highest BCUT2D eigenvalue weighted by Gasteiger charge is 2.22. The largest absolute Gasteiger partial charge is 0.496 e. The van der Waals surface area contributed by atoms with Crippen LogP contribution in [0.5, 0.6) is 5.75 Å². The lowest BCUT2D eigenvalue weighted by molar-refractivity contribution is -0.144. The maximum atomic E-state index is 12.4. The highest BCUT2D eigenvalue weighted by molar-refractivity contribution is 5.88. The first kappa shape index (κ1) is 47.8. The number of piperazine rings is 1. The number of carboxylic acids is 1. The van der Waals surface area contributed by atoms with Gasteiger partial charge in [0.05, 0.1) is 37.7 Å². The number of nitrogens with zero attached hydrogens (tertiary/aromatic N) is 5. The molecule has 3 aromatic rings. The molecule has 4 rings (SSSR count). The van der Waals surface area contributed by atoms with Crippen LogP contribution in [0.25, 0.3) is 11.0 Å². The number of carbonyl (C=O) groups is 3. The van der Waals surface area contributed by atoms with Crippen LogP contribution in [0.3, 0.4) is 0 Å². The summed E-state index contributed by atoms with van der Waals surface area (Å²) in [5, 5.41) is 24.9. The number of hydrogen-bond donors (Lipinski definition) is 5. The molecule has 2 atom stereocenters. The Kier molecular flexibility index (Phi) is 23.4. The van der Waals surface area contributed by atoms with Gasteiger partial charge in [-0.1, -0.05) is 67.4 Å². The van der Waals surface area contributed by atoms with Crippen LogP contribution in [0.15, 0.2) is 30.5 Å². The summed E-state index contributed by atoms with van der Waals surface area (Å²) >= 11 is 0. The second-order valence-corrected chi connectivity index (χ2v) is 13.0. The van der Waals surface area contributed by atoms with Crippen LogP contribution in [0, 0.1) is 11.8 Å². The van der Waals surface area contributed by atoms with Crippen LogP contribution >= 0.6 is 0 Å². The van der Waals surface area contributed by atoms with Crippen molar-refractivity contribution in [2.45, 2.75) is 99.7 Å². The Morgan fingerprint density at radius 1 is 1.06 bits per heavy atom. The number of anilines is 2. The van der Waals surface area contributed by atoms with E-state index in [0.29, 0.717) is 31.6 Å². The smallest absolute Gasteiger partial charge is 0.307 e. The molecule has 1 aliphatic heterocycles. The third-order valence-electron chi connectivity index (χ3n) is 8.97. The molecule has 2 unspecified atom stereocenters. The summed E-state index contributed by atoms with van der Waals surface area (Å²) in [6.45, 7) is 19.0. The summed E-state index contributed by atoms with van der Waals surface area (Å²) in [4.78, 5) is 46.0. The van der Waals surface area contributed by atoms with Crippen LogP contribution in [-0.2, 0) is 27.5 Å². The van der Waals surface area contributed by atoms with Crippen molar-refractivity contribution in [3.05, 3.63) is 41.6 Å². The van der Waals surface area contributed by atoms with Crippen molar-refractivity contribution in [3.8, 4) is 5.75 Å². The summed E-state index contributed by atoms with van der Waals surface area (Å²) in [7, 11) is 3.56. The lowest BCUT2D eigenvalue weighted by atomic mass is 9.93. The first-order chi connectivity index (χ1) is 26.0. The summed E-state index contributed by atoms with van der Waals surface area (Å²) in [6, 6.07) is 8.15. The van der Waals surface area contributed by atoms with Gasteiger partial charge in [0.25, 0.3) is 0 Å². The number of carbonyl (C=O) groups excluding carboxylic acids is 2. The lowest BCUT2D eigenvalue weighted by Gasteiger charge is -2.35. The van der Waals surface area contributed by atoms with Crippen molar-refractivity contribution in [1.82, 2.24) is 29.7 Å². The van der Waals surface area contributed by atoms with E-state index in [1.54, 1.807) is 21.0 Å². The molecule has 6 N–H and O–H groups in total. The van der Waals surface area contributed by atoms with Gasteiger partial charge in [0.1, 0.15) is 17.6 Å². The highest BCUT2D eigenvalue weighted by Crippen LogP contribution is 2.28. The van der Waals surface area contributed by atoms with E-state index in [9.17, 15) is 19.5 Å². The van der Waals surface area contributed by atoms with Gasteiger partial charge in [0, 0.05) is 63.9 Å². The van der Waals surface area contributed by atoms with E-state index in [1.807, 2.05) is 58.0 Å². The monoisotopic (exact) mass is 757 g/mol. The number of aromatic nitrogens is 3. The Bertz CT molecular complexity index is 1520. The summed E-state index contributed by atoms with van der Waals surface area (Å²) in [5.74, 6) is 0.480. The van der Waals surface area contributed by atoms with Gasteiger partial charge in [-0.25, -0.2) is 4.98 Å². The van der Waals surface area contributed by atoms with Crippen molar-refractivity contribution in [1.29, 1.82) is 0 Å². The number of nitrogens with one attached hydrogen (secondary N) is 2. The number of aldehydes is 1. The van der Waals surface area contributed by atoms with E-state index < -0.39 is 11.9 Å². The number of carboxylic acid groups (broad SMARTS) is 1. The fourth-order valence-corrected chi connectivity index (χ4v) is 6.01. The second kappa shape index (κ2) is 26.5. The molecular weight excluding hydrogens is 688 g/mol. The lowest BCUT2D eigenvalue weighted by Crippen LogP contribution is -2.48. The van der Waals surface area contributed by atoms with Gasteiger partial charge in [-0.2, -0.15) is 4.98 Å². The second-order valence-electron chi connectivity index (χ2n) is 13.0. The van der Waals surface area contributed by atoms with Gasteiger partial charge in [0.15, 0.2) is 5.82 Å². The Balaban J connectivity index is 0.000000895. The molecule has 1 amide bonds. The van der Waals surface area contributed by atoms with Crippen molar-refractivity contribution in [3.63, 3.8) is 0 Å². The fraction of sp³-hybridized carbons (Fsp3) is 0.625. The molecule has 0 spiro atoms. The summed E-state index contributed by atoms with van der Waals surface area (Å²) < 4.78 is 7.82. The topological polar surface area (TPSA) is 188 Å². The molecule has 0 saturated carbocycles.